The third-order valence-corrected chi connectivity index (χ3v) is 7.82. The smallest absolute Gasteiger partial charge is 0.0984 e. The van der Waals surface area contributed by atoms with E-state index >= 15 is 0 Å². The highest BCUT2D eigenvalue weighted by molar-refractivity contribution is 5.59. The van der Waals surface area contributed by atoms with Crippen molar-refractivity contribution in [2.24, 2.45) is 0 Å². The Morgan fingerprint density at radius 3 is 1.19 bits per heavy atom. The van der Waals surface area contributed by atoms with Crippen LogP contribution in [-0.4, -0.2) is 77.0 Å². The summed E-state index contributed by atoms with van der Waals surface area (Å²) >= 11 is 0. The highest BCUT2D eigenvalue weighted by Crippen LogP contribution is 2.34. The monoisotopic (exact) mass is 506 g/mol. The molecule has 0 aromatic heterocycles. The van der Waals surface area contributed by atoms with E-state index < -0.39 is 0 Å². The molecule has 2 aromatic rings. The van der Waals surface area contributed by atoms with Crippen LogP contribution in [0.5, 0.6) is 0 Å². The van der Waals surface area contributed by atoms with Gasteiger partial charge in [-0.05, 0) is 52.6 Å². The first-order chi connectivity index (χ1) is 17.9. The van der Waals surface area contributed by atoms with Crippen LogP contribution in [0.4, 0.5) is 11.4 Å². The van der Waals surface area contributed by atoms with Crippen molar-refractivity contribution in [3.63, 3.8) is 0 Å². The molecule has 0 N–H and O–H groups in total. The molecule has 0 spiro atoms. The third kappa shape index (κ3) is 6.66. The molecule has 0 radical (unpaired) electrons. The molecule has 4 aliphatic heterocycles. The minimum atomic E-state index is 0.365. The minimum Gasteiger partial charge on any atom is -0.371 e. The fraction of sp³-hybridized carbons (Fsp3) is 0.613. The standard InChI is InChI=1S/C31H42N2O4/c1-20(2)28-10-22(5-7-30(28)32(12-24-16-34-24)13-25-17-35-25)9-23-6-8-31(29(11-23)21(3)4)33(14-26-18-36-26)15-27-19-37-27/h5-8,10-11,20-21,24-27H,9,12-19H2,1-4H3. The molecule has 2 aromatic carbocycles. The second-order valence-corrected chi connectivity index (χ2v) is 11.9. The van der Waals surface area contributed by atoms with Gasteiger partial charge in [-0.1, -0.05) is 52.0 Å². The van der Waals surface area contributed by atoms with E-state index in [0.29, 0.717) is 36.3 Å². The fourth-order valence-corrected chi connectivity index (χ4v) is 5.38. The Morgan fingerprint density at radius 1 is 0.595 bits per heavy atom. The molecule has 4 fully saturated rings. The lowest BCUT2D eigenvalue weighted by atomic mass is 9.92. The van der Waals surface area contributed by atoms with Gasteiger partial charge in [-0.15, -0.1) is 0 Å². The summed E-state index contributed by atoms with van der Waals surface area (Å²) in [6.07, 6.45) is 2.40. The molecule has 200 valence electrons. The van der Waals surface area contributed by atoms with Crippen molar-refractivity contribution in [3.05, 3.63) is 58.7 Å². The number of rotatable bonds is 14. The van der Waals surface area contributed by atoms with Gasteiger partial charge in [0.2, 0.25) is 0 Å². The van der Waals surface area contributed by atoms with Gasteiger partial charge in [0.25, 0.3) is 0 Å². The highest BCUT2D eigenvalue weighted by Gasteiger charge is 2.33. The van der Waals surface area contributed by atoms with Crippen molar-refractivity contribution in [1.29, 1.82) is 0 Å². The lowest BCUT2D eigenvalue weighted by molar-refractivity contribution is 0.388. The summed E-state index contributed by atoms with van der Waals surface area (Å²) in [6, 6.07) is 14.2. The number of benzene rings is 2. The molecule has 4 saturated heterocycles. The Labute approximate surface area is 221 Å². The molecule has 6 heteroatoms. The van der Waals surface area contributed by atoms with Crippen LogP contribution in [0.15, 0.2) is 36.4 Å². The van der Waals surface area contributed by atoms with Crippen LogP contribution in [-0.2, 0) is 25.4 Å². The Bertz CT molecular complexity index is 973. The van der Waals surface area contributed by atoms with E-state index in [1.165, 1.54) is 33.6 Å². The van der Waals surface area contributed by atoms with Crippen LogP contribution in [0.2, 0.25) is 0 Å². The minimum absolute atomic E-state index is 0.365. The van der Waals surface area contributed by atoms with Gasteiger partial charge in [-0.2, -0.15) is 0 Å². The Morgan fingerprint density at radius 2 is 0.919 bits per heavy atom. The summed E-state index contributed by atoms with van der Waals surface area (Å²) < 4.78 is 22.3. The van der Waals surface area contributed by atoms with Crippen molar-refractivity contribution < 1.29 is 18.9 Å². The number of ether oxygens (including phenoxy) is 4. The number of anilines is 2. The first-order valence-electron chi connectivity index (χ1n) is 14.1. The predicted octanol–water partition coefficient (Wildman–Crippen LogP) is 4.73. The molecule has 0 saturated carbocycles. The Kier molecular flexibility index (Phi) is 7.19. The molecule has 0 aliphatic carbocycles. The average Bonchev–Trinajstić information content (AvgIpc) is 3.66. The second-order valence-electron chi connectivity index (χ2n) is 11.9. The molecule has 0 bridgehead atoms. The average molecular weight is 507 g/mol. The molecular weight excluding hydrogens is 464 g/mol. The molecule has 4 unspecified atom stereocenters. The van der Waals surface area contributed by atoms with Gasteiger partial charge in [0, 0.05) is 37.6 Å². The zero-order valence-electron chi connectivity index (χ0n) is 22.8. The van der Waals surface area contributed by atoms with Crippen molar-refractivity contribution in [2.75, 3.05) is 62.4 Å². The lowest BCUT2D eigenvalue weighted by Crippen LogP contribution is -2.32. The molecule has 37 heavy (non-hydrogen) atoms. The highest BCUT2D eigenvalue weighted by atomic mass is 16.6. The zero-order chi connectivity index (χ0) is 25.5. The predicted molar refractivity (Wildman–Crippen MR) is 147 cm³/mol. The van der Waals surface area contributed by atoms with Crippen molar-refractivity contribution in [1.82, 2.24) is 0 Å². The lowest BCUT2D eigenvalue weighted by Gasteiger charge is -2.28. The summed E-state index contributed by atoms with van der Waals surface area (Å²) in [5, 5.41) is 0. The van der Waals surface area contributed by atoms with Gasteiger partial charge in [-0.3, -0.25) is 0 Å². The van der Waals surface area contributed by atoms with Crippen molar-refractivity contribution >= 4 is 11.4 Å². The Hall–Kier alpha value is -2.12. The largest absolute Gasteiger partial charge is 0.371 e. The molecule has 4 aliphatic rings. The summed E-state index contributed by atoms with van der Waals surface area (Å²) in [5.41, 5.74) is 8.25. The van der Waals surface area contributed by atoms with E-state index in [2.05, 4.69) is 73.9 Å². The number of hydrogen-bond acceptors (Lipinski definition) is 6. The maximum Gasteiger partial charge on any atom is 0.0984 e. The van der Waals surface area contributed by atoms with E-state index in [0.717, 1.165) is 59.0 Å². The van der Waals surface area contributed by atoms with Crippen LogP contribution in [0, 0.1) is 0 Å². The van der Waals surface area contributed by atoms with Gasteiger partial charge in [0.1, 0.15) is 0 Å². The van der Waals surface area contributed by atoms with Crippen LogP contribution >= 0.6 is 0 Å². The summed E-state index contributed by atoms with van der Waals surface area (Å²) in [4.78, 5) is 4.98. The number of epoxide rings is 4. The van der Waals surface area contributed by atoms with Gasteiger partial charge in [0.15, 0.2) is 0 Å². The van der Waals surface area contributed by atoms with Crippen molar-refractivity contribution in [2.45, 2.75) is 70.4 Å². The first kappa shape index (κ1) is 25.2. The second kappa shape index (κ2) is 10.6. The fourth-order valence-electron chi connectivity index (χ4n) is 5.38. The van der Waals surface area contributed by atoms with E-state index in [-0.39, 0.29) is 0 Å². The topological polar surface area (TPSA) is 56.6 Å². The molecule has 6 nitrogen and oxygen atoms in total. The third-order valence-electron chi connectivity index (χ3n) is 7.82. The van der Waals surface area contributed by atoms with Gasteiger partial charge in [0.05, 0.1) is 50.8 Å². The summed E-state index contributed by atoms with van der Waals surface area (Å²) in [7, 11) is 0. The van der Waals surface area contributed by atoms with Crippen molar-refractivity contribution in [3.8, 4) is 0 Å². The summed E-state index contributed by atoms with van der Waals surface area (Å²) in [5.74, 6) is 0.906. The molecule has 0 amide bonds. The first-order valence-corrected chi connectivity index (χ1v) is 14.1. The SMILES string of the molecule is CC(C)c1cc(Cc2ccc(N(CC3CO3)CC3CO3)c(C(C)C)c2)ccc1N(CC1CO1)CC1CO1. The number of hydrogen-bond donors (Lipinski definition) is 0. The van der Waals surface area contributed by atoms with Gasteiger partial charge >= 0.3 is 0 Å². The zero-order valence-corrected chi connectivity index (χ0v) is 22.8. The van der Waals surface area contributed by atoms with Crippen LogP contribution in [0.25, 0.3) is 0 Å². The number of nitrogens with zero attached hydrogens (tertiary/aromatic N) is 2. The normalized spacial score (nSPS) is 25.5. The van der Waals surface area contributed by atoms with Crippen LogP contribution in [0.1, 0.15) is 61.8 Å². The molecule has 6 rings (SSSR count). The van der Waals surface area contributed by atoms with Gasteiger partial charge in [-0.25, -0.2) is 0 Å². The Balaban J connectivity index is 1.23. The quantitative estimate of drug-likeness (QED) is 0.345. The molecule has 4 atom stereocenters. The summed E-state index contributed by atoms with van der Waals surface area (Å²) in [6.45, 7) is 16.5. The van der Waals surface area contributed by atoms with E-state index in [4.69, 9.17) is 18.9 Å². The molecular formula is C31H42N2O4. The maximum absolute atomic E-state index is 5.57. The van der Waals surface area contributed by atoms with E-state index in [9.17, 15) is 0 Å². The van der Waals surface area contributed by atoms with Crippen LogP contribution in [0.3, 0.4) is 0 Å². The van der Waals surface area contributed by atoms with Gasteiger partial charge < -0.3 is 28.7 Å². The molecule has 4 heterocycles. The van der Waals surface area contributed by atoms with E-state index in [1.807, 2.05) is 0 Å². The maximum atomic E-state index is 5.57. The van der Waals surface area contributed by atoms with Crippen LogP contribution < -0.4 is 9.80 Å². The van der Waals surface area contributed by atoms with E-state index in [1.54, 1.807) is 0 Å².